The highest BCUT2D eigenvalue weighted by molar-refractivity contribution is 7.89. The molecule has 8 heteroatoms. The minimum atomic E-state index is -3.65. The lowest BCUT2D eigenvalue weighted by Crippen LogP contribution is -2.26. The molecule has 0 spiro atoms. The quantitative estimate of drug-likeness (QED) is 0.610. The van der Waals surface area contributed by atoms with Crippen molar-refractivity contribution in [2.45, 2.75) is 11.3 Å². The van der Waals surface area contributed by atoms with E-state index in [1.54, 1.807) is 0 Å². The summed E-state index contributed by atoms with van der Waals surface area (Å²) in [7, 11) is -3.65. The zero-order valence-corrected chi connectivity index (χ0v) is 14.6. The minimum absolute atomic E-state index is 0.0737. The number of aliphatic carboxylic acids is 1. The first-order valence-corrected chi connectivity index (χ1v) is 9.21. The van der Waals surface area contributed by atoms with Crippen molar-refractivity contribution in [1.82, 2.24) is 4.72 Å². The summed E-state index contributed by atoms with van der Waals surface area (Å²) in [5.41, 5.74) is 1.39. The molecule has 136 valence electrons. The van der Waals surface area contributed by atoms with Crippen molar-refractivity contribution in [2.24, 2.45) is 0 Å². The van der Waals surface area contributed by atoms with E-state index in [0.29, 0.717) is 18.2 Å². The van der Waals surface area contributed by atoms with Gasteiger partial charge in [0.25, 0.3) is 0 Å². The average Bonchev–Trinajstić information content (AvgIpc) is 2.61. The van der Waals surface area contributed by atoms with Crippen LogP contribution in [0.15, 0.2) is 71.6 Å². The summed E-state index contributed by atoms with van der Waals surface area (Å²) in [6.45, 7) is 0.269. The van der Waals surface area contributed by atoms with Crippen LogP contribution in [0.2, 0.25) is 0 Å². The lowest BCUT2D eigenvalue weighted by atomic mass is 10.2. The predicted octanol–water partition coefficient (Wildman–Crippen LogP) is 1.79. The van der Waals surface area contributed by atoms with Gasteiger partial charge in [-0.25, -0.2) is 17.9 Å². The van der Waals surface area contributed by atoms with E-state index in [4.69, 9.17) is 5.11 Å². The molecule has 0 saturated carbocycles. The minimum Gasteiger partial charge on any atom is -0.478 e. The second-order valence-corrected chi connectivity index (χ2v) is 7.09. The van der Waals surface area contributed by atoms with E-state index in [1.165, 1.54) is 24.3 Å². The summed E-state index contributed by atoms with van der Waals surface area (Å²) in [6, 6.07) is 15.1. The molecule has 0 heterocycles. The summed E-state index contributed by atoms with van der Waals surface area (Å²) >= 11 is 0. The van der Waals surface area contributed by atoms with E-state index >= 15 is 0 Å². The van der Waals surface area contributed by atoms with E-state index in [2.05, 4.69) is 10.0 Å². The Kier molecular flexibility index (Phi) is 6.65. The van der Waals surface area contributed by atoms with Crippen molar-refractivity contribution < 1.29 is 23.1 Å². The number of hydrogen-bond donors (Lipinski definition) is 3. The highest BCUT2D eigenvalue weighted by atomic mass is 32.2. The van der Waals surface area contributed by atoms with Gasteiger partial charge in [0.15, 0.2) is 0 Å². The number of amides is 1. The fraction of sp³-hybridized carbons (Fsp3) is 0.111. The van der Waals surface area contributed by atoms with Gasteiger partial charge in [-0.15, -0.1) is 0 Å². The van der Waals surface area contributed by atoms with E-state index in [9.17, 15) is 18.0 Å². The van der Waals surface area contributed by atoms with Crippen molar-refractivity contribution in [3.63, 3.8) is 0 Å². The number of anilines is 1. The molecule has 0 radical (unpaired) electrons. The maximum atomic E-state index is 12.3. The van der Waals surface area contributed by atoms with Gasteiger partial charge >= 0.3 is 5.97 Å². The number of carboxylic acid groups (broad SMARTS) is 1. The van der Waals surface area contributed by atoms with Gasteiger partial charge in [0.05, 0.1) is 4.90 Å². The van der Waals surface area contributed by atoms with Crippen LogP contribution in [0.3, 0.4) is 0 Å². The van der Waals surface area contributed by atoms with Gasteiger partial charge in [-0.3, -0.25) is 4.79 Å². The van der Waals surface area contributed by atoms with Gasteiger partial charge in [-0.2, -0.15) is 0 Å². The van der Waals surface area contributed by atoms with Crippen molar-refractivity contribution in [3.05, 3.63) is 72.3 Å². The molecule has 0 unspecified atom stereocenters. The molecule has 0 atom stereocenters. The van der Waals surface area contributed by atoms with Gasteiger partial charge in [-0.05, 0) is 36.2 Å². The molecular weight excluding hydrogens is 356 g/mol. The molecule has 26 heavy (non-hydrogen) atoms. The normalized spacial score (nSPS) is 11.4. The van der Waals surface area contributed by atoms with Crippen molar-refractivity contribution in [2.75, 3.05) is 11.9 Å². The number of carboxylic acids is 1. The Labute approximate surface area is 151 Å². The topological polar surface area (TPSA) is 113 Å². The van der Waals surface area contributed by atoms with Crippen LogP contribution < -0.4 is 10.0 Å². The first-order valence-electron chi connectivity index (χ1n) is 7.72. The molecule has 0 aliphatic heterocycles. The zero-order chi connectivity index (χ0) is 19.0. The van der Waals surface area contributed by atoms with Gasteiger partial charge in [-0.1, -0.05) is 30.3 Å². The number of sulfonamides is 1. The Morgan fingerprint density at radius 3 is 2.23 bits per heavy atom. The molecule has 2 rings (SSSR count). The third-order valence-electron chi connectivity index (χ3n) is 3.36. The summed E-state index contributed by atoms with van der Waals surface area (Å²) < 4.78 is 27.0. The summed E-state index contributed by atoms with van der Waals surface area (Å²) in [4.78, 5) is 21.9. The van der Waals surface area contributed by atoms with E-state index in [1.807, 2.05) is 30.3 Å². The number of rotatable bonds is 8. The Hall–Kier alpha value is -2.97. The van der Waals surface area contributed by atoms with Crippen molar-refractivity contribution >= 4 is 27.6 Å². The second kappa shape index (κ2) is 8.93. The molecule has 0 aliphatic carbocycles. The molecule has 0 fully saturated rings. The maximum Gasteiger partial charge on any atom is 0.328 e. The van der Waals surface area contributed by atoms with Crippen LogP contribution in [0.4, 0.5) is 5.69 Å². The highest BCUT2D eigenvalue weighted by Gasteiger charge is 2.13. The molecule has 2 aromatic carbocycles. The molecule has 3 N–H and O–H groups in total. The second-order valence-electron chi connectivity index (χ2n) is 5.32. The van der Waals surface area contributed by atoms with Gasteiger partial charge in [0.2, 0.25) is 15.9 Å². The van der Waals surface area contributed by atoms with Gasteiger partial charge < -0.3 is 10.4 Å². The molecule has 1 amide bonds. The predicted molar refractivity (Wildman–Crippen MR) is 97.2 cm³/mol. The molecule has 0 bridgehead atoms. The highest BCUT2D eigenvalue weighted by Crippen LogP contribution is 2.14. The maximum absolute atomic E-state index is 12.3. The van der Waals surface area contributed by atoms with Crippen LogP contribution in [0.1, 0.15) is 5.56 Å². The number of hydrogen-bond acceptors (Lipinski definition) is 4. The number of carbonyl (C=O) groups is 2. The first kappa shape index (κ1) is 19.4. The van der Waals surface area contributed by atoms with E-state index in [-0.39, 0.29) is 11.4 Å². The van der Waals surface area contributed by atoms with Gasteiger partial charge in [0.1, 0.15) is 0 Å². The van der Waals surface area contributed by atoms with Crippen LogP contribution in [-0.4, -0.2) is 31.9 Å². The SMILES string of the molecule is O=C(O)/C=C/C(=O)Nc1ccc(S(=O)(=O)NCCc2ccccc2)cc1. The first-order chi connectivity index (χ1) is 12.4. The molecular formula is C18H18N2O5S. The molecule has 0 aliphatic rings. The third-order valence-corrected chi connectivity index (χ3v) is 4.83. The molecule has 0 saturated heterocycles. The number of carbonyl (C=O) groups excluding carboxylic acids is 1. The number of nitrogens with one attached hydrogen (secondary N) is 2. The van der Waals surface area contributed by atoms with Crippen LogP contribution >= 0.6 is 0 Å². The molecule has 2 aromatic rings. The number of benzene rings is 2. The standard InChI is InChI=1S/C18H18N2O5S/c21-17(10-11-18(22)23)20-15-6-8-16(9-7-15)26(24,25)19-13-12-14-4-2-1-3-5-14/h1-11,19H,12-13H2,(H,20,21)(H,22,23)/b11-10+. The largest absolute Gasteiger partial charge is 0.478 e. The Morgan fingerprint density at radius 2 is 1.62 bits per heavy atom. The Morgan fingerprint density at radius 1 is 0.962 bits per heavy atom. The Balaban J connectivity index is 1.93. The smallest absolute Gasteiger partial charge is 0.328 e. The lowest BCUT2D eigenvalue weighted by molar-refractivity contribution is -0.131. The van der Waals surface area contributed by atoms with E-state index in [0.717, 1.165) is 11.6 Å². The lowest BCUT2D eigenvalue weighted by Gasteiger charge is -2.08. The zero-order valence-electron chi connectivity index (χ0n) is 13.8. The van der Waals surface area contributed by atoms with Gasteiger partial charge in [0, 0.05) is 24.4 Å². The van der Waals surface area contributed by atoms with Crippen LogP contribution in [0, 0.1) is 0 Å². The summed E-state index contributed by atoms with van der Waals surface area (Å²) in [5, 5.41) is 10.9. The fourth-order valence-corrected chi connectivity index (χ4v) is 3.14. The van der Waals surface area contributed by atoms with Crippen LogP contribution in [0.25, 0.3) is 0 Å². The summed E-state index contributed by atoms with van der Waals surface area (Å²) in [5.74, 6) is -1.85. The van der Waals surface area contributed by atoms with E-state index < -0.39 is 21.9 Å². The summed E-state index contributed by atoms with van der Waals surface area (Å²) in [6.07, 6.45) is 2.16. The van der Waals surface area contributed by atoms with Crippen molar-refractivity contribution in [3.8, 4) is 0 Å². The molecule has 0 aromatic heterocycles. The third kappa shape index (κ3) is 6.15. The fourth-order valence-electron chi connectivity index (χ4n) is 2.11. The van der Waals surface area contributed by atoms with Crippen molar-refractivity contribution in [1.29, 1.82) is 0 Å². The monoisotopic (exact) mass is 374 g/mol. The average molecular weight is 374 g/mol. The molecule has 7 nitrogen and oxygen atoms in total. The Bertz CT molecular complexity index is 891. The van der Waals surface area contributed by atoms with Crippen LogP contribution in [0.5, 0.6) is 0 Å². The van der Waals surface area contributed by atoms with Crippen LogP contribution in [-0.2, 0) is 26.0 Å².